The summed E-state index contributed by atoms with van der Waals surface area (Å²) in [5, 5.41) is 15.5. The van der Waals surface area contributed by atoms with Crippen LogP contribution in [0.25, 0.3) is 17.1 Å². The molecule has 0 unspecified atom stereocenters. The van der Waals surface area contributed by atoms with Gasteiger partial charge in [0.05, 0.1) is 18.0 Å². The van der Waals surface area contributed by atoms with Gasteiger partial charge in [-0.15, -0.1) is 10.2 Å². The van der Waals surface area contributed by atoms with E-state index in [-0.39, 0.29) is 11.7 Å². The highest BCUT2D eigenvalue weighted by atomic mass is 32.2. The Labute approximate surface area is 189 Å². The van der Waals surface area contributed by atoms with Gasteiger partial charge in [-0.05, 0) is 29.8 Å². The van der Waals surface area contributed by atoms with E-state index in [1.54, 1.807) is 17.4 Å². The highest BCUT2D eigenvalue weighted by Crippen LogP contribution is 2.28. The predicted molar refractivity (Wildman–Crippen MR) is 125 cm³/mol. The molecule has 1 aliphatic rings. The second kappa shape index (κ2) is 9.15. The molecule has 0 bridgehead atoms. The Morgan fingerprint density at radius 1 is 0.906 bits per heavy atom. The van der Waals surface area contributed by atoms with Gasteiger partial charge in [0.1, 0.15) is 0 Å². The van der Waals surface area contributed by atoms with Gasteiger partial charge in [0, 0.05) is 30.1 Å². The molecular formula is C24H20N6OS. The van der Waals surface area contributed by atoms with Crippen LogP contribution in [-0.2, 0) is 4.79 Å². The lowest BCUT2D eigenvalue weighted by molar-refractivity contribution is -0.127. The maximum Gasteiger partial charge on any atom is 0.253 e. The maximum absolute atomic E-state index is 12.9. The summed E-state index contributed by atoms with van der Waals surface area (Å²) in [6.07, 6.45) is 4.24. The number of amides is 1. The Morgan fingerprint density at radius 3 is 2.41 bits per heavy atom. The molecule has 0 atom stereocenters. The number of nitrogens with zero attached hydrogens (tertiary/aromatic N) is 6. The van der Waals surface area contributed by atoms with Crippen LogP contribution in [-0.4, -0.2) is 48.7 Å². The third kappa shape index (κ3) is 4.17. The second-order valence-corrected chi connectivity index (χ2v) is 8.13. The average molecular weight is 441 g/mol. The summed E-state index contributed by atoms with van der Waals surface area (Å²) < 4.78 is 1.96. The number of rotatable bonds is 6. The molecule has 0 fully saturated rings. The van der Waals surface area contributed by atoms with Crippen molar-refractivity contribution in [1.29, 1.82) is 0 Å². The van der Waals surface area contributed by atoms with Crippen LogP contribution in [0.4, 0.5) is 0 Å². The normalized spacial score (nSPS) is 13.2. The quantitative estimate of drug-likeness (QED) is 0.423. The van der Waals surface area contributed by atoms with Crippen molar-refractivity contribution >= 4 is 23.4 Å². The first-order valence-electron chi connectivity index (χ1n) is 10.3. The van der Waals surface area contributed by atoms with Gasteiger partial charge in [0.2, 0.25) is 0 Å². The molecule has 2 aromatic carbocycles. The number of thioether (sulfide) groups is 1. The number of carbonyl (C=O) groups excluding carboxylic acids is 1. The first-order chi connectivity index (χ1) is 15.8. The van der Waals surface area contributed by atoms with E-state index in [1.165, 1.54) is 11.8 Å². The lowest BCUT2D eigenvalue weighted by Gasteiger charge is -2.12. The number of hydrazone groups is 1. The van der Waals surface area contributed by atoms with Crippen molar-refractivity contribution < 1.29 is 4.79 Å². The number of benzene rings is 2. The number of para-hydroxylation sites is 1. The molecule has 2 aromatic heterocycles. The fourth-order valence-electron chi connectivity index (χ4n) is 3.53. The van der Waals surface area contributed by atoms with Gasteiger partial charge in [-0.25, -0.2) is 5.01 Å². The molecule has 3 heterocycles. The van der Waals surface area contributed by atoms with Crippen molar-refractivity contribution in [1.82, 2.24) is 24.8 Å². The van der Waals surface area contributed by atoms with Gasteiger partial charge in [0.25, 0.3) is 5.91 Å². The molecule has 8 heteroatoms. The average Bonchev–Trinajstić information content (AvgIpc) is 3.52. The number of pyridine rings is 1. The summed E-state index contributed by atoms with van der Waals surface area (Å²) in [4.78, 5) is 17.1. The van der Waals surface area contributed by atoms with Crippen molar-refractivity contribution in [2.45, 2.75) is 11.6 Å². The SMILES string of the molecule is O=C(CSc1nnc(-c2cccnc2)n1-c1ccccc1)N1CCC(c2ccccc2)=N1. The summed E-state index contributed by atoms with van der Waals surface area (Å²) in [6.45, 7) is 0.593. The van der Waals surface area contributed by atoms with E-state index < -0.39 is 0 Å². The molecule has 0 radical (unpaired) electrons. The Hall–Kier alpha value is -3.78. The first-order valence-corrected chi connectivity index (χ1v) is 11.3. The topological polar surface area (TPSA) is 76.3 Å². The standard InChI is InChI=1S/C24H20N6OS/c31-22(29-15-13-21(28-29)18-8-3-1-4-9-18)17-32-24-27-26-23(19-10-7-14-25-16-19)30(24)20-11-5-2-6-12-20/h1-12,14,16H,13,15,17H2. The van der Waals surface area contributed by atoms with Gasteiger partial charge in [-0.2, -0.15) is 5.10 Å². The van der Waals surface area contributed by atoms with Gasteiger partial charge in [-0.3, -0.25) is 14.3 Å². The van der Waals surface area contributed by atoms with E-state index in [1.807, 2.05) is 77.4 Å². The molecular weight excluding hydrogens is 420 g/mol. The zero-order valence-corrected chi connectivity index (χ0v) is 18.0. The highest BCUT2D eigenvalue weighted by molar-refractivity contribution is 7.99. The number of aromatic nitrogens is 4. The van der Waals surface area contributed by atoms with Gasteiger partial charge in [-0.1, -0.05) is 60.3 Å². The van der Waals surface area contributed by atoms with Crippen LogP contribution in [0.15, 0.2) is 95.4 Å². The van der Waals surface area contributed by atoms with Crippen molar-refractivity contribution in [2.75, 3.05) is 12.3 Å². The van der Waals surface area contributed by atoms with E-state index in [9.17, 15) is 4.79 Å². The van der Waals surface area contributed by atoms with Crippen molar-refractivity contribution in [3.63, 3.8) is 0 Å². The molecule has 0 saturated heterocycles. The third-order valence-electron chi connectivity index (χ3n) is 5.09. The van der Waals surface area contributed by atoms with E-state index in [0.717, 1.165) is 28.9 Å². The summed E-state index contributed by atoms with van der Waals surface area (Å²) in [5.41, 5.74) is 3.78. The molecule has 7 nitrogen and oxygen atoms in total. The molecule has 0 spiro atoms. The van der Waals surface area contributed by atoms with Crippen LogP contribution >= 0.6 is 11.8 Å². The Kier molecular flexibility index (Phi) is 5.76. The molecule has 1 aliphatic heterocycles. The molecule has 32 heavy (non-hydrogen) atoms. The zero-order chi connectivity index (χ0) is 21.8. The Morgan fingerprint density at radius 2 is 1.66 bits per heavy atom. The highest BCUT2D eigenvalue weighted by Gasteiger charge is 2.23. The zero-order valence-electron chi connectivity index (χ0n) is 17.2. The van der Waals surface area contributed by atoms with Gasteiger partial charge >= 0.3 is 0 Å². The fourth-order valence-corrected chi connectivity index (χ4v) is 4.35. The van der Waals surface area contributed by atoms with Crippen LogP contribution in [0.2, 0.25) is 0 Å². The van der Waals surface area contributed by atoms with Crippen molar-refractivity contribution in [3.8, 4) is 17.1 Å². The predicted octanol–water partition coefficient (Wildman–Crippen LogP) is 4.06. The molecule has 1 amide bonds. The molecule has 5 rings (SSSR count). The number of hydrogen-bond donors (Lipinski definition) is 0. The third-order valence-corrected chi connectivity index (χ3v) is 6.00. The Bertz CT molecular complexity index is 1240. The smallest absolute Gasteiger partial charge is 0.253 e. The lowest BCUT2D eigenvalue weighted by atomic mass is 10.1. The summed E-state index contributed by atoms with van der Waals surface area (Å²) in [7, 11) is 0. The molecule has 0 saturated carbocycles. The molecule has 0 aliphatic carbocycles. The van der Waals surface area contributed by atoms with Crippen LogP contribution in [0.1, 0.15) is 12.0 Å². The Balaban J connectivity index is 1.36. The molecule has 4 aromatic rings. The van der Waals surface area contributed by atoms with E-state index >= 15 is 0 Å². The number of carbonyl (C=O) groups is 1. The summed E-state index contributed by atoms with van der Waals surface area (Å²) in [5.74, 6) is 0.861. The van der Waals surface area contributed by atoms with Crippen LogP contribution in [0, 0.1) is 0 Å². The van der Waals surface area contributed by atoms with Crippen molar-refractivity contribution in [2.24, 2.45) is 5.10 Å². The number of hydrogen-bond acceptors (Lipinski definition) is 6. The van der Waals surface area contributed by atoms with Crippen LogP contribution in [0.3, 0.4) is 0 Å². The molecule has 0 N–H and O–H groups in total. The second-order valence-electron chi connectivity index (χ2n) is 7.19. The lowest BCUT2D eigenvalue weighted by Crippen LogP contribution is -2.25. The minimum Gasteiger partial charge on any atom is -0.272 e. The minimum absolute atomic E-state index is 0.0496. The van der Waals surface area contributed by atoms with E-state index in [0.29, 0.717) is 17.5 Å². The van der Waals surface area contributed by atoms with E-state index in [4.69, 9.17) is 0 Å². The van der Waals surface area contributed by atoms with Crippen molar-refractivity contribution in [3.05, 3.63) is 90.8 Å². The van der Waals surface area contributed by atoms with Crippen LogP contribution in [0.5, 0.6) is 0 Å². The minimum atomic E-state index is -0.0496. The van der Waals surface area contributed by atoms with Gasteiger partial charge in [0.15, 0.2) is 11.0 Å². The monoisotopic (exact) mass is 440 g/mol. The first kappa shape index (κ1) is 20.1. The maximum atomic E-state index is 12.9. The van der Waals surface area contributed by atoms with Gasteiger partial charge < -0.3 is 0 Å². The summed E-state index contributed by atoms with van der Waals surface area (Å²) in [6, 6.07) is 23.7. The summed E-state index contributed by atoms with van der Waals surface area (Å²) >= 11 is 1.36. The van der Waals surface area contributed by atoms with E-state index in [2.05, 4.69) is 20.3 Å². The molecule has 158 valence electrons. The fraction of sp³-hybridized carbons (Fsp3) is 0.125. The largest absolute Gasteiger partial charge is 0.272 e. The van der Waals surface area contributed by atoms with Crippen LogP contribution < -0.4 is 0 Å².